The van der Waals surface area contributed by atoms with Gasteiger partial charge in [-0.3, -0.25) is 14.9 Å². The number of hydrogen-bond donors (Lipinski definition) is 3. The van der Waals surface area contributed by atoms with Crippen LogP contribution >= 0.6 is 0 Å². The first kappa shape index (κ1) is 22.1. The van der Waals surface area contributed by atoms with Gasteiger partial charge in [0.25, 0.3) is 11.6 Å². The Hall–Kier alpha value is -5.38. The lowest BCUT2D eigenvalue weighted by Crippen LogP contribution is -2.44. The molecule has 2 heterocycles. The Morgan fingerprint density at radius 1 is 0.865 bits per heavy atom. The second kappa shape index (κ2) is 7.82. The molecular formula is C27H17N3O7. The summed E-state index contributed by atoms with van der Waals surface area (Å²) in [4.78, 5) is 24.5. The third kappa shape index (κ3) is 3.12. The molecule has 0 saturated heterocycles. The summed E-state index contributed by atoms with van der Waals surface area (Å²) in [6.45, 7) is 0. The third-order valence-corrected chi connectivity index (χ3v) is 6.52. The van der Waals surface area contributed by atoms with Gasteiger partial charge < -0.3 is 20.1 Å². The van der Waals surface area contributed by atoms with Crippen molar-refractivity contribution in [3.8, 4) is 28.7 Å². The van der Waals surface area contributed by atoms with Crippen molar-refractivity contribution in [2.75, 3.05) is 0 Å². The fraction of sp³-hybridized carbons (Fsp3) is 0.0370. The Bertz CT molecular complexity index is 1610. The van der Waals surface area contributed by atoms with E-state index in [-0.39, 0.29) is 40.0 Å². The Kier molecular flexibility index (Phi) is 4.67. The van der Waals surface area contributed by atoms with E-state index in [0.29, 0.717) is 22.3 Å². The van der Waals surface area contributed by atoms with E-state index in [0.717, 1.165) is 12.1 Å². The zero-order valence-electron chi connectivity index (χ0n) is 18.9. The fourth-order valence-corrected chi connectivity index (χ4v) is 4.95. The van der Waals surface area contributed by atoms with Crippen LogP contribution in [0, 0.1) is 10.1 Å². The maximum absolute atomic E-state index is 13.8. The average Bonchev–Trinajstić information content (AvgIpc) is 3.11. The van der Waals surface area contributed by atoms with Crippen LogP contribution in [-0.2, 0) is 5.54 Å². The van der Waals surface area contributed by atoms with Crippen LogP contribution in [0.4, 0.5) is 5.69 Å². The second-order valence-electron chi connectivity index (χ2n) is 8.58. The molecule has 6 rings (SSSR count). The predicted octanol–water partition coefficient (Wildman–Crippen LogP) is 4.60. The number of benzene rings is 4. The van der Waals surface area contributed by atoms with E-state index in [9.17, 15) is 30.2 Å². The highest BCUT2D eigenvalue weighted by Gasteiger charge is 2.57. The van der Waals surface area contributed by atoms with Crippen LogP contribution < -0.4 is 4.74 Å². The number of phenols is 3. The smallest absolute Gasteiger partial charge is 0.275 e. The van der Waals surface area contributed by atoms with Gasteiger partial charge in [-0.05, 0) is 36.4 Å². The van der Waals surface area contributed by atoms with Crippen LogP contribution in [-0.4, -0.2) is 37.4 Å². The number of non-ortho nitro benzene ring substituents is 1. The molecule has 0 fully saturated rings. The molecule has 2 aliphatic heterocycles. The zero-order valence-corrected chi connectivity index (χ0v) is 18.9. The van der Waals surface area contributed by atoms with Gasteiger partial charge in [0.1, 0.15) is 34.3 Å². The van der Waals surface area contributed by atoms with Gasteiger partial charge in [0.2, 0.25) is 0 Å². The lowest BCUT2D eigenvalue weighted by atomic mass is 9.75. The SMILES string of the molecule is O=C1c2ccccc2C2(c3ccc(O)cc3Oc3cc(O)ccc32)N1N=Cc1cc([N+](=O)[O-])ccc1O. The molecular weight excluding hydrogens is 478 g/mol. The summed E-state index contributed by atoms with van der Waals surface area (Å²) in [6, 6.07) is 19.4. The number of amides is 1. The van der Waals surface area contributed by atoms with Gasteiger partial charge in [-0.25, -0.2) is 5.01 Å². The first-order chi connectivity index (χ1) is 17.8. The van der Waals surface area contributed by atoms with E-state index in [1.54, 1.807) is 36.4 Å². The number of hydrogen-bond acceptors (Lipinski definition) is 8. The molecule has 182 valence electrons. The van der Waals surface area contributed by atoms with Gasteiger partial charge in [0, 0.05) is 52.1 Å². The number of phenolic OH excluding ortho intramolecular Hbond substituents is 3. The number of rotatable bonds is 3. The van der Waals surface area contributed by atoms with Gasteiger partial charge in [0.05, 0.1) is 11.1 Å². The Labute approximate surface area is 209 Å². The van der Waals surface area contributed by atoms with Crippen molar-refractivity contribution in [1.29, 1.82) is 0 Å². The van der Waals surface area contributed by atoms with Gasteiger partial charge in [0.15, 0.2) is 0 Å². The number of hydrazone groups is 1. The topological polar surface area (TPSA) is 146 Å². The van der Waals surface area contributed by atoms with E-state index in [4.69, 9.17) is 4.74 Å². The van der Waals surface area contributed by atoms with Crippen molar-refractivity contribution in [1.82, 2.24) is 5.01 Å². The molecule has 0 saturated carbocycles. The summed E-state index contributed by atoms with van der Waals surface area (Å²) in [7, 11) is 0. The molecule has 10 heteroatoms. The van der Waals surface area contributed by atoms with E-state index >= 15 is 0 Å². The lowest BCUT2D eigenvalue weighted by Gasteiger charge is -2.41. The number of aromatic hydroxyl groups is 3. The van der Waals surface area contributed by atoms with Crippen molar-refractivity contribution < 1.29 is 29.8 Å². The summed E-state index contributed by atoms with van der Waals surface area (Å²) in [5.74, 6) is -0.340. The molecule has 0 aliphatic carbocycles. The van der Waals surface area contributed by atoms with Crippen LogP contribution in [0.5, 0.6) is 28.7 Å². The molecule has 37 heavy (non-hydrogen) atoms. The number of nitro benzene ring substituents is 1. The first-order valence-electron chi connectivity index (χ1n) is 11.1. The molecule has 1 amide bonds. The molecule has 10 nitrogen and oxygen atoms in total. The van der Waals surface area contributed by atoms with Gasteiger partial charge in [-0.15, -0.1) is 0 Å². The van der Waals surface area contributed by atoms with Crippen molar-refractivity contribution in [2.45, 2.75) is 5.54 Å². The Morgan fingerprint density at radius 3 is 2.16 bits per heavy atom. The minimum Gasteiger partial charge on any atom is -0.508 e. The van der Waals surface area contributed by atoms with Crippen LogP contribution in [0.2, 0.25) is 0 Å². The fourth-order valence-electron chi connectivity index (χ4n) is 4.95. The number of carbonyl (C=O) groups excluding carboxylic acids is 1. The highest BCUT2D eigenvalue weighted by atomic mass is 16.6. The molecule has 4 aromatic rings. The molecule has 0 atom stereocenters. The summed E-state index contributed by atoms with van der Waals surface area (Å²) in [6.07, 6.45) is 1.18. The second-order valence-corrected chi connectivity index (χ2v) is 8.58. The molecule has 0 bridgehead atoms. The van der Waals surface area contributed by atoms with Crippen molar-refractivity contribution in [3.63, 3.8) is 0 Å². The summed E-state index contributed by atoms with van der Waals surface area (Å²) >= 11 is 0. The minimum absolute atomic E-state index is 0.0389. The highest BCUT2D eigenvalue weighted by Crippen LogP contribution is 2.58. The number of ether oxygens (including phenoxy) is 1. The highest BCUT2D eigenvalue weighted by molar-refractivity contribution is 6.03. The van der Waals surface area contributed by atoms with Crippen molar-refractivity contribution >= 4 is 17.8 Å². The minimum atomic E-state index is -1.37. The number of fused-ring (bicyclic) bond motifs is 6. The number of nitrogens with zero attached hydrogens (tertiary/aromatic N) is 3. The third-order valence-electron chi connectivity index (χ3n) is 6.52. The number of nitro groups is 1. The monoisotopic (exact) mass is 495 g/mol. The van der Waals surface area contributed by atoms with Crippen molar-refractivity contribution in [3.05, 3.63) is 117 Å². The standard InChI is InChI=1S/C27H17N3O7/c31-17-6-8-21-24(12-17)37-25-13-18(32)7-9-22(25)27(21)20-4-2-1-3-19(20)26(34)29(27)28-14-15-11-16(30(35)36)5-10-23(15)33/h1-14,31-33H. The summed E-state index contributed by atoms with van der Waals surface area (Å²) in [5, 5.41) is 47.6. The van der Waals surface area contributed by atoms with Crippen LogP contribution in [0.3, 0.4) is 0 Å². The first-order valence-corrected chi connectivity index (χ1v) is 11.1. The maximum Gasteiger partial charge on any atom is 0.275 e. The van der Waals surface area contributed by atoms with Gasteiger partial charge >= 0.3 is 0 Å². The largest absolute Gasteiger partial charge is 0.508 e. The van der Waals surface area contributed by atoms with Gasteiger partial charge in [-0.2, -0.15) is 5.10 Å². The molecule has 4 aromatic carbocycles. The van der Waals surface area contributed by atoms with Crippen LogP contribution in [0.1, 0.15) is 32.6 Å². The van der Waals surface area contributed by atoms with E-state index in [2.05, 4.69) is 5.10 Å². The summed E-state index contributed by atoms with van der Waals surface area (Å²) < 4.78 is 6.02. The van der Waals surface area contributed by atoms with Crippen LogP contribution in [0.25, 0.3) is 0 Å². The molecule has 2 aliphatic rings. The molecule has 0 unspecified atom stereocenters. The summed E-state index contributed by atoms with van der Waals surface area (Å²) in [5.41, 5.74) is 0.370. The Balaban J connectivity index is 1.65. The molecule has 3 N–H and O–H groups in total. The van der Waals surface area contributed by atoms with Gasteiger partial charge in [-0.1, -0.05) is 18.2 Å². The van der Waals surface area contributed by atoms with E-state index in [1.807, 2.05) is 0 Å². The van der Waals surface area contributed by atoms with E-state index in [1.165, 1.54) is 41.6 Å². The average molecular weight is 495 g/mol. The predicted molar refractivity (Wildman–Crippen MR) is 131 cm³/mol. The molecule has 0 radical (unpaired) electrons. The molecule has 1 spiro atoms. The lowest BCUT2D eigenvalue weighted by molar-refractivity contribution is -0.384. The maximum atomic E-state index is 13.8. The molecule has 0 aromatic heterocycles. The number of carbonyl (C=O) groups is 1. The quantitative estimate of drug-likeness (QED) is 0.214. The van der Waals surface area contributed by atoms with Crippen LogP contribution in [0.15, 0.2) is 84.0 Å². The normalized spacial score (nSPS) is 14.8. The zero-order chi connectivity index (χ0) is 25.9. The van der Waals surface area contributed by atoms with E-state index < -0.39 is 16.4 Å². The Morgan fingerprint density at radius 2 is 1.51 bits per heavy atom. The van der Waals surface area contributed by atoms with Crippen molar-refractivity contribution in [2.24, 2.45) is 5.10 Å².